The standard InChI is InChI=1S/C10H21NOS/c1-8(11)6-9(2)13-7-10-4-3-5-12-10/h8-10H,3-7,11H2,1-2H3. The fourth-order valence-electron chi connectivity index (χ4n) is 1.64. The van der Waals surface area contributed by atoms with Crippen LogP contribution in [-0.4, -0.2) is 29.8 Å². The van der Waals surface area contributed by atoms with Gasteiger partial charge in [0.25, 0.3) is 0 Å². The van der Waals surface area contributed by atoms with E-state index < -0.39 is 0 Å². The summed E-state index contributed by atoms with van der Waals surface area (Å²) in [6.45, 7) is 5.29. The summed E-state index contributed by atoms with van der Waals surface area (Å²) in [5.41, 5.74) is 5.73. The smallest absolute Gasteiger partial charge is 0.0666 e. The number of hydrogen-bond acceptors (Lipinski definition) is 3. The zero-order valence-electron chi connectivity index (χ0n) is 8.66. The molecule has 1 rings (SSSR count). The Balaban J connectivity index is 2.03. The third kappa shape index (κ3) is 4.89. The van der Waals surface area contributed by atoms with Gasteiger partial charge in [0.15, 0.2) is 0 Å². The molecular formula is C10H21NOS. The molecule has 0 aliphatic carbocycles. The van der Waals surface area contributed by atoms with Crippen molar-refractivity contribution in [2.75, 3.05) is 12.4 Å². The van der Waals surface area contributed by atoms with Crippen LogP contribution < -0.4 is 5.73 Å². The summed E-state index contributed by atoms with van der Waals surface area (Å²) in [5, 5.41) is 0.671. The topological polar surface area (TPSA) is 35.2 Å². The molecule has 1 saturated heterocycles. The minimum absolute atomic E-state index is 0.326. The highest BCUT2D eigenvalue weighted by Crippen LogP contribution is 2.22. The number of nitrogens with two attached hydrogens (primary N) is 1. The molecule has 0 radical (unpaired) electrons. The summed E-state index contributed by atoms with van der Waals surface area (Å²) in [7, 11) is 0. The van der Waals surface area contributed by atoms with E-state index >= 15 is 0 Å². The second-order valence-corrected chi connectivity index (χ2v) is 5.46. The maximum atomic E-state index is 5.73. The van der Waals surface area contributed by atoms with E-state index in [2.05, 4.69) is 13.8 Å². The molecule has 0 saturated carbocycles. The van der Waals surface area contributed by atoms with Crippen molar-refractivity contribution in [2.45, 2.75) is 50.5 Å². The SMILES string of the molecule is CC(N)CC(C)SCC1CCCO1. The first-order valence-corrected chi connectivity index (χ1v) is 6.22. The van der Waals surface area contributed by atoms with Crippen molar-refractivity contribution in [3.8, 4) is 0 Å². The first kappa shape index (κ1) is 11.3. The molecule has 1 fully saturated rings. The van der Waals surface area contributed by atoms with Gasteiger partial charge < -0.3 is 10.5 Å². The van der Waals surface area contributed by atoms with Crippen molar-refractivity contribution < 1.29 is 4.74 Å². The average Bonchev–Trinajstić information content (AvgIpc) is 2.51. The Hall–Kier alpha value is 0.270. The maximum absolute atomic E-state index is 5.73. The third-order valence-electron chi connectivity index (χ3n) is 2.29. The van der Waals surface area contributed by atoms with Crippen molar-refractivity contribution in [3.05, 3.63) is 0 Å². The lowest BCUT2D eigenvalue weighted by Gasteiger charge is -2.15. The highest BCUT2D eigenvalue weighted by Gasteiger charge is 2.16. The van der Waals surface area contributed by atoms with Crippen molar-refractivity contribution in [2.24, 2.45) is 5.73 Å². The molecule has 0 aromatic carbocycles. The highest BCUT2D eigenvalue weighted by atomic mass is 32.2. The molecule has 2 N–H and O–H groups in total. The first-order valence-electron chi connectivity index (χ1n) is 5.17. The minimum Gasteiger partial charge on any atom is -0.377 e. The molecule has 0 aromatic rings. The van der Waals surface area contributed by atoms with Crippen LogP contribution in [0.15, 0.2) is 0 Å². The Morgan fingerprint density at radius 3 is 2.85 bits per heavy atom. The van der Waals surface area contributed by atoms with E-state index in [1.54, 1.807) is 0 Å². The second kappa shape index (κ2) is 5.89. The summed E-state index contributed by atoms with van der Waals surface area (Å²) in [4.78, 5) is 0. The van der Waals surface area contributed by atoms with E-state index in [1.165, 1.54) is 12.8 Å². The summed E-state index contributed by atoms with van der Waals surface area (Å²) >= 11 is 2.00. The number of hydrogen-bond donors (Lipinski definition) is 1. The predicted molar refractivity (Wildman–Crippen MR) is 59.2 cm³/mol. The van der Waals surface area contributed by atoms with Crippen molar-refractivity contribution in [1.82, 2.24) is 0 Å². The van der Waals surface area contributed by atoms with Gasteiger partial charge in [0.05, 0.1) is 6.10 Å². The summed E-state index contributed by atoms with van der Waals surface area (Å²) < 4.78 is 5.56. The van der Waals surface area contributed by atoms with Gasteiger partial charge in [-0.15, -0.1) is 0 Å². The zero-order valence-corrected chi connectivity index (χ0v) is 9.48. The summed E-state index contributed by atoms with van der Waals surface area (Å²) in [5.74, 6) is 1.15. The lowest BCUT2D eigenvalue weighted by Crippen LogP contribution is -2.20. The molecule has 0 amide bonds. The van der Waals surface area contributed by atoms with Crippen LogP contribution in [0.1, 0.15) is 33.1 Å². The van der Waals surface area contributed by atoms with Crippen LogP contribution >= 0.6 is 11.8 Å². The first-order chi connectivity index (χ1) is 6.18. The molecule has 13 heavy (non-hydrogen) atoms. The third-order valence-corrected chi connectivity index (χ3v) is 3.62. The number of thioether (sulfide) groups is 1. The Morgan fingerprint density at radius 2 is 2.31 bits per heavy atom. The number of ether oxygens (including phenoxy) is 1. The Kier molecular flexibility index (Phi) is 5.14. The van der Waals surface area contributed by atoms with Crippen LogP contribution in [0.4, 0.5) is 0 Å². The van der Waals surface area contributed by atoms with Gasteiger partial charge in [-0.25, -0.2) is 0 Å². The van der Waals surface area contributed by atoms with Gasteiger partial charge in [-0.1, -0.05) is 6.92 Å². The van der Waals surface area contributed by atoms with Gasteiger partial charge in [-0.2, -0.15) is 11.8 Å². The predicted octanol–water partition coefficient (Wildman–Crippen LogP) is 2.02. The molecule has 2 nitrogen and oxygen atoms in total. The van der Waals surface area contributed by atoms with E-state index in [1.807, 2.05) is 11.8 Å². The second-order valence-electron chi connectivity index (χ2n) is 3.99. The zero-order chi connectivity index (χ0) is 9.68. The van der Waals surface area contributed by atoms with Crippen molar-refractivity contribution in [3.63, 3.8) is 0 Å². The maximum Gasteiger partial charge on any atom is 0.0666 e. The fourth-order valence-corrected chi connectivity index (χ4v) is 2.88. The average molecular weight is 203 g/mol. The van der Waals surface area contributed by atoms with Crippen molar-refractivity contribution >= 4 is 11.8 Å². The molecule has 78 valence electrons. The van der Waals surface area contributed by atoms with Gasteiger partial charge in [-0.05, 0) is 26.2 Å². The van der Waals surface area contributed by atoms with Crippen LogP contribution in [0.3, 0.4) is 0 Å². The van der Waals surface area contributed by atoms with Crippen LogP contribution in [-0.2, 0) is 4.74 Å². The van der Waals surface area contributed by atoms with E-state index in [4.69, 9.17) is 10.5 Å². The van der Waals surface area contributed by atoms with E-state index in [-0.39, 0.29) is 0 Å². The molecule has 3 heteroatoms. The lowest BCUT2D eigenvalue weighted by atomic mass is 10.2. The molecule has 0 spiro atoms. The van der Waals surface area contributed by atoms with Crippen LogP contribution in [0.2, 0.25) is 0 Å². The Labute approximate surface area is 85.6 Å². The minimum atomic E-state index is 0.326. The van der Waals surface area contributed by atoms with Gasteiger partial charge in [-0.3, -0.25) is 0 Å². The largest absolute Gasteiger partial charge is 0.377 e. The van der Waals surface area contributed by atoms with Crippen LogP contribution in [0, 0.1) is 0 Å². The van der Waals surface area contributed by atoms with Gasteiger partial charge in [0.2, 0.25) is 0 Å². The molecule has 0 bridgehead atoms. The van der Waals surface area contributed by atoms with E-state index in [0.717, 1.165) is 18.8 Å². The fraction of sp³-hybridized carbons (Fsp3) is 1.00. The highest BCUT2D eigenvalue weighted by molar-refractivity contribution is 7.99. The lowest BCUT2D eigenvalue weighted by molar-refractivity contribution is 0.129. The van der Waals surface area contributed by atoms with Gasteiger partial charge in [0, 0.05) is 23.7 Å². The monoisotopic (exact) mass is 203 g/mol. The molecule has 0 aromatic heterocycles. The summed E-state index contributed by atoms with van der Waals surface area (Å²) in [6.07, 6.45) is 4.11. The van der Waals surface area contributed by atoms with Crippen molar-refractivity contribution in [1.29, 1.82) is 0 Å². The van der Waals surface area contributed by atoms with Gasteiger partial charge >= 0.3 is 0 Å². The quantitative estimate of drug-likeness (QED) is 0.742. The Morgan fingerprint density at radius 1 is 1.54 bits per heavy atom. The van der Waals surface area contributed by atoms with E-state index in [9.17, 15) is 0 Å². The molecule has 1 heterocycles. The molecule has 1 aliphatic heterocycles. The summed E-state index contributed by atoms with van der Waals surface area (Å²) in [6, 6.07) is 0.326. The van der Waals surface area contributed by atoms with Gasteiger partial charge in [0.1, 0.15) is 0 Å². The number of rotatable bonds is 5. The molecule has 1 aliphatic rings. The molecular weight excluding hydrogens is 182 g/mol. The van der Waals surface area contributed by atoms with Crippen LogP contribution in [0.5, 0.6) is 0 Å². The molecule has 3 atom stereocenters. The Bertz CT molecular complexity index is 135. The van der Waals surface area contributed by atoms with Crippen LogP contribution in [0.25, 0.3) is 0 Å². The molecule has 3 unspecified atom stereocenters. The van der Waals surface area contributed by atoms with E-state index in [0.29, 0.717) is 17.4 Å². The normalized spacial score (nSPS) is 27.5.